The highest BCUT2D eigenvalue weighted by molar-refractivity contribution is 7.08. The van der Waals surface area contributed by atoms with Gasteiger partial charge < -0.3 is 0 Å². The Bertz CT molecular complexity index is 305. The van der Waals surface area contributed by atoms with Gasteiger partial charge in [0.25, 0.3) is 0 Å². The van der Waals surface area contributed by atoms with Crippen LogP contribution in [0.5, 0.6) is 0 Å². The van der Waals surface area contributed by atoms with E-state index in [-0.39, 0.29) is 11.7 Å². The largest absolute Gasteiger partial charge is 0.293 e. The van der Waals surface area contributed by atoms with Crippen LogP contribution in [0.4, 0.5) is 0 Å². The predicted octanol–water partition coefficient (Wildman–Crippen LogP) is 2.72. The van der Waals surface area contributed by atoms with Crippen LogP contribution < -0.4 is 0 Å². The average molecular weight is 212 g/mol. The van der Waals surface area contributed by atoms with E-state index in [2.05, 4.69) is 9.59 Å². The maximum absolute atomic E-state index is 12.0. The molecule has 0 aliphatic carbocycles. The Hall–Kier alpha value is -0.770. The smallest absolute Gasteiger partial charge is 0.179 e. The summed E-state index contributed by atoms with van der Waals surface area (Å²) in [7, 11) is 0. The summed E-state index contributed by atoms with van der Waals surface area (Å²) in [6.45, 7) is 6.10. The molecule has 0 saturated carbocycles. The van der Waals surface area contributed by atoms with E-state index in [0.717, 1.165) is 29.8 Å². The summed E-state index contributed by atoms with van der Waals surface area (Å²) in [6, 6.07) is 0. The second-order valence-corrected chi connectivity index (χ2v) is 4.03. The van der Waals surface area contributed by atoms with Gasteiger partial charge in [-0.05, 0) is 30.8 Å². The lowest BCUT2D eigenvalue weighted by Crippen LogP contribution is -2.13. The molecule has 0 bridgehead atoms. The number of carbonyl (C=O) groups excluding carboxylic acids is 1. The highest BCUT2D eigenvalue weighted by atomic mass is 32.1. The number of aryl methyl sites for hydroxylation is 1. The Morgan fingerprint density at radius 3 is 2.50 bits per heavy atom. The number of aromatic nitrogens is 2. The summed E-state index contributed by atoms with van der Waals surface area (Å²) in [5.41, 5.74) is 0.854. The highest BCUT2D eigenvalue weighted by Crippen LogP contribution is 2.20. The van der Waals surface area contributed by atoms with Crippen molar-refractivity contribution < 1.29 is 4.79 Å². The molecule has 0 aliphatic rings. The summed E-state index contributed by atoms with van der Waals surface area (Å²) in [5.74, 6) is 0.365. The number of nitrogens with zero attached hydrogens (tertiary/aromatic N) is 2. The van der Waals surface area contributed by atoms with Gasteiger partial charge in [0, 0.05) is 5.92 Å². The summed E-state index contributed by atoms with van der Waals surface area (Å²) in [5, 5.41) is 3.95. The molecule has 0 aliphatic heterocycles. The van der Waals surface area contributed by atoms with Gasteiger partial charge >= 0.3 is 0 Å². The molecule has 0 amide bonds. The molecule has 0 saturated heterocycles. The molecule has 3 nitrogen and oxygen atoms in total. The number of hydrogen-bond donors (Lipinski definition) is 0. The van der Waals surface area contributed by atoms with Gasteiger partial charge in [-0.3, -0.25) is 4.79 Å². The zero-order chi connectivity index (χ0) is 10.6. The van der Waals surface area contributed by atoms with E-state index >= 15 is 0 Å². The van der Waals surface area contributed by atoms with Crippen LogP contribution in [0, 0.1) is 5.92 Å². The van der Waals surface area contributed by atoms with Crippen molar-refractivity contribution in [1.82, 2.24) is 9.59 Å². The number of ketones is 1. The van der Waals surface area contributed by atoms with Crippen LogP contribution in [-0.4, -0.2) is 15.4 Å². The minimum atomic E-state index is 0.141. The molecular formula is C10H16N2OS. The molecule has 1 rings (SSSR count). The Morgan fingerprint density at radius 2 is 2.00 bits per heavy atom. The highest BCUT2D eigenvalue weighted by Gasteiger charge is 2.21. The van der Waals surface area contributed by atoms with Crippen LogP contribution in [0.15, 0.2) is 0 Å². The zero-order valence-corrected chi connectivity index (χ0v) is 9.73. The molecule has 1 heterocycles. The second kappa shape index (κ2) is 5.20. The molecule has 0 N–H and O–H groups in total. The standard InChI is InChI=1S/C10H16N2OS/c1-4-7(5-2)9(13)10-8(6-3)11-12-14-10/h7H,4-6H2,1-3H3. The van der Waals surface area contributed by atoms with Crippen molar-refractivity contribution in [2.24, 2.45) is 5.92 Å². The van der Waals surface area contributed by atoms with Crippen molar-refractivity contribution in [2.45, 2.75) is 40.0 Å². The van der Waals surface area contributed by atoms with Gasteiger partial charge in [0.15, 0.2) is 5.78 Å². The third kappa shape index (κ3) is 2.18. The predicted molar refractivity (Wildman–Crippen MR) is 57.7 cm³/mol. The first-order chi connectivity index (χ1) is 6.74. The van der Waals surface area contributed by atoms with Crippen LogP contribution >= 0.6 is 11.5 Å². The minimum absolute atomic E-state index is 0.141. The van der Waals surface area contributed by atoms with Gasteiger partial charge in [0.2, 0.25) is 0 Å². The maximum Gasteiger partial charge on any atom is 0.179 e. The van der Waals surface area contributed by atoms with E-state index in [9.17, 15) is 4.79 Å². The Balaban J connectivity index is 2.87. The van der Waals surface area contributed by atoms with Crippen molar-refractivity contribution in [1.29, 1.82) is 0 Å². The van der Waals surface area contributed by atoms with Gasteiger partial charge in [-0.2, -0.15) is 0 Å². The lowest BCUT2D eigenvalue weighted by atomic mass is 9.96. The van der Waals surface area contributed by atoms with Gasteiger partial charge in [-0.1, -0.05) is 25.3 Å². The fourth-order valence-corrected chi connectivity index (χ4v) is 2.24. The summed E-state index contributed by atoms with van der Waals surface area (Å²) >= 11 is 1.23. The Kier molecular flexibility index (Phi) is 4.20. The molecule has 0 fully saturated rings. The van der Waals surface area contributed by atoms with Crippen LogP contribution in [0.25, 0.3) is 0 Å². The van der Waals surface area contributed by atoms with Crippen LogP contribution in [0.2, 0.25) is 0 Å². The molecule has 0 aromatic carbocycles. The SMILES string of the molecule is CCc1nnsc1C(=O)C(CC)CC. The summed E-state index contributed by atoms with van der Waals surface area (Å²) in [4.78, 5) is 12.7. The van der Waals surface area contributed by atoms with Crippen LogP contribution in [0.3, 0.4) is 0 Å². The maximum atomic E-state index is 12.0. The fraction of sp³-hybridized carbons (Fsp3) is 0.700. The molecule has 0 unspecified atom stereocenters. The van der Waals surface area contributed by atoms with Gasteiger partial charge in [0.1, 0.15) is 4.88 Å². The fourth-order valence-electron chi connectivity index (χ4n) is 1.47. The lowest BCUT2D eigenvalue weighted by Gasteiger charge is -2.08. The number of rotatable bonds is 5. The van der Waals surface area contributed by atoms with Crippen molar-refractivity contribution in [3.8, 4) is 0 Å². The van der Waals surface area contributed by atoms with E-state index in [0.29, 0.717) is 0 Å². The minimum Gasteiger partial charge on any atom is -0.293 e. The van der Waals surface area contributed by atoms with Gasteiger partial charge in [0.05, 0.1) is 5.69 Å². The third-order valence-electron chi connectivity index (χ3n) is 2.47. The van der Waals surface area contributed by atoms with Crippen molar-refractivity contribution in [2.75, 3.05) is 0 Å². The second-order valence-electron chi connectivity index (χ2n) is 3.28. The Labute approximate surface area is 88.7 Å². The molecule has 14 heavy (non-hydrogen) atoms. The molecule has 78 valence electrons. The molecule has 1 aromatic heterocycles. The molecule has 1 aromatic rings. The monoisotopic (exact) mass is 212 g/mol. The summed E-state index contributed by atoms with van der Waals surface area (Å²) < 4.78 is 3.84. The van der Waals surface area contributed by atoms with Crippen molar-refractivity contribution in [3.05, 3.63) is 10.6 Å². The molecular weight excluding hydrogens is 196 g/mol. The van der Waals surface area contributed by atoms with Crippen LogP contribution in [0.1, 0.15) is 49.0 Å². The number of carbonyl (C=O) groups is 1. The third-order valence-corrected chi connectivity index (χ3v) is 3.25. The van der Waals surface area contributed by atoms with E-state index in [1.54, 1.807) is 0 Å². The number of Topliss-reactive ketones (excluding diaryl/α,β-unsaturated/α-hetero) is 1. The zero-order valence-electron chi connectivity index (χ0n) is 8.91. The lowest BCUT2D eigenvalue weighted by molar-refractivity contribution is 0.0916. The van der Waals surface area contributed by atoms with E-state index in [1.807, 2.05) is 20.8 Å². The van der Waals surface area contributed by atoms with Crippen molar-refractivity contribution >= 4 is 17.3 Å². The van der Waals surface area contributed by atoms with E-state index in [1.165, 1.54) is 11.5 Å². The van der Waals surface area contributed by atoms with Gasteiger partial charge in [-0.15, -0.1) is 5.10 Å². The van der Waals surface area contributed by atoms with Crippen LogP contribution in [-0.2, 0) is 6.42 Å². The van der Waals surface area contributed by atoms with E-state index in [4.69, 9.17) is 0 Å². The van der Waals surface area contributed by atoms with Gasteiger partial charge in [-0.25, -0.2) is 0 Å². The topological polar surface area (TPSA) is 42.9 Å². The molecule has 4 heteroatoms. The molecule has 0 spiro atoms. The molecule has 0 radical (unpaired) electrons. The summed E-state index contributed by atoms with van der Waals surface area (Å²) in [6.07, 6.45) is 2.59. The quantitative estimate of drug-likeness (QED) is 0.705. The first kappa shape index (κ1) is 11.3. The first-order valence-corrected chi connectivity index (χ1v) is 5.87. The Morgan fingerprint density at radius 1 is 1.36 bits per heavy atom. The number of hydrogen-bond acceptors (Lipinski definition) is 4. The first-order valence-electron chi connectivity index (χ1n) is 5.09. The average Bonchev–Trinajstić information content (AvgIpc) is 2.67. The van der Waals surface area contributed by atoms with Crippen molar-refractivity contribution in [3.63, 3.8) is 0 Å². The van der Waals surface area contributed by atoms with E-state index < -0.39 is 0 Å². The molecule has 0 atom stereocenters. The normalized spacial score (nSPS) is 10.9.